The van der Waals surface area contributed by atoms with Crippen LogP contribution in [0.5, 0.6) is 0 Å². The third-order valence-electron chi connectivity index (χ3n) is 2.85. The molecule has 1 aromatic rings. The highest BCUT2D eigenvalue weighted by Crippen LogP contribution is 2.21. The van der Waals surface area contributed by atoms with Crippen LogP contribution in [0.2, 0.25) is 0 Å². The van der Waals surface area contributed by atoms with Crippen molar-refractivity contribution in [2.45, 2.75) is 17.7 Å². The molecule has 2 rings (SSSR count). The minimum absolute atomic E-state index is 0.383. The molecule has 0 atom stereocenters. The van der Waals surface area contributed by atoms with Gasteiger partial charge in [-0.1, -0.05) is 0 Å². The van der Waals surface area contributed by atoms with Gasteiger partial charge in [-0.2, -0.15) is 4.31 Å². The van der Waals surface area contributed by atoms with Gasteiger partial charge in [0.25, 0.3) is 0 Å². The van der Waals surface area contributed by atoms with Crippen molar-refractivity contribution >= 4 is 15.7 Å². The van der Waals surface area contributed by atoms with Gasteiger partial charge in [-0.25, -0.2) is 8.42 Å². The molecule has 0 saturated carbocycles. The van der Waals surface area contributed by atoms with E-state index in [4.69, 9.17) is 0 Å². The van der Waals surface area contributed by atoms with Gasteiger partial charge >= 0.3 is 0 Å². The highest BCUT2D eigenvalue weighted by Gasteiger charge is 2.26. The van der Waals surface area contributed by atoms with Crippen LogP contribution < -0.4 is 5.32 Å². The first-order chi connectivity index (χ1) is 7.64. The van der Waals surface area contributed by atoms with Crippen LogP contribution >= 0.6 is 0 Å². The molecule has 16 heavy (non-hydrogen) atoms. The van der Waals surface area contributed by atoms with E-state index < -0.39 is 10.0 Å². The van der Waals surface area contributed by atoms with Gasteiger partial charge < -0.3 is 5.32 Å². The van der Waals surface area contributed by atoms with Gasteiger partial charge in [0.15, 0.2) is 0 Å². The zero-order valence-electron chi connectivity index (χ0n) is 9.31. The monoisotopic (exact) mass is 240 g/mol. The van der Waals surface area contributed by atoms with Crippen molar-refractivity contribution in [3.63, 3.8) is 0 Å². The Morgan fingerprint density at radius 2 is 1.69 bits per heavy atom. The van der Waals surface area contributed by atoms with Crippen molar-refractivity contribution in [2.75, 3.05) is 25.5 Å². The lowest BCUT2D eigenvalue weighted by Crippen LogP contribution is -2.27. The number of rotatable bonds is 3. The predicted molar refractivity (Wildman–Crippen MR) is 64.0 cm³/mol. The van der Waals surface area contributed by atoms with E-state index in [1.165, 1.54) is 0 Å². The summed E-state index contributed by atoms with van der Waals surface area (Å²) < 4.78 is 25.8. The number of anilines is 1. The summed E-state index contributed by atoms with van der Waals surface area (Å²) in [5.74, 6) is 0. The minimum atomic E-state index is -3.26. The maximum Gasteiger partial charge on any atom is 0.243 e. The summed E-state index contributed by atoms with van der Waals surface area (Å²) in [4.78, 5) is 0.383. The Balaban J connectivity index is 2.28. The number of hydrogen-bond donors (Lipinski definition) is 1. The van der Waals surface area contributed by atoms with Crippen LogP contribution in [-0.2, 0) is 10.0 Å². The van der Waals surface area contributed by atoms with E-state index in [1.54, 1.807) is 28.6 Å². The normalized spacial score (nSPS) is 17.6. The Labute approximate surface area is 96.3 Å². The van der Waals surface area contributed by atoms with Crippen molar-refractivity contribution < 1.29 is 8.42 Å². The van der Waals surface area contributed by atoms with E-state index in [9.17, 15) is 8.42 Å². The molecule has 0 radical (unpaired) electrons. The molecule has 0 amide bonds. The Bertz CT molecular complexity index is 447. The Hall–Kier alpha value is -1.07. The van der Waals surface area contributed by atoms with E-state index in [2.05, 4.69) is 5.32 Å². The maximum atomic E-state index is 12.1. The molecule has 0 bridgehead atoms. The molecule has 1 aliphatic heterocycles. The summed E-state index contributed by atoms with van der Waals surface area (Å²) in [6.07, 6.45) is 1.93. The second-order valence-electron chi connectivity index (χ2n) is 3.89. The number of nitrogens with zero attached hydrogens (tertiary/aromatic N) is 1. The molecule has 1 heterocycles. The van der Waals surface area contributed by atoms with Crippen LogP contribution in [0.15, 0.2) is 29.2 Å². The molecule has 1 fully saturated rings. The third-order valence-corrected chi connectivity index (χ3v) is 4.76. The zero-order valence-corrected chi connectivity index (χ0v) is 10.1. The smallest absolute Gasteiger partial charge is 0.243 e. The number of benzene rings is 1. The van der Waals surface area contributed by atoms with Crippen LogP contribution in [0, 0.1) is 0 Å². The molecular weight excluding hydrogens is 224 g/mol. The van der Waals surface area contributed by atoms with Gasteiger partial charge in [0.05, 0.1) is 4.90 Å². The Morgan fingerprint density at radius 1 is 1.12 bits per heavy atom. The second kappa shape index (κ2) is 4.43. The molecule has 5 heteroatoms. The molecule has 0 unspecified atom stereocenters. The molecule has 1 aliphatic rings. The molecule has 0 aromatic heterocycles. The number of nitrogens with one attached hydrogen (secondary N) is 1. The molecule has 4 nitrogen and oxygen atoms in total. The van der Waals surface area contributed by atoms with E-state index in [0.29, 0.717) is 18.0 Å². The van der Waals surface area contributed by atoms with Crippen molar-refractivity contribution in [1.82, 2.24) is 4.31 Å². The fourth-order valence-corrected chi connectivity index (χ4v) is 3.39. The van der Waals surface area contributed by atoms with Crippen LogP contribution in [0.4, 0.5) is 5.69 Å². The van der Waals surface area contributed by atoms with Gasteiger partial charge in [0.2, 0.25) is 10.0 Å². The predicted octanol–water partition coefficient (Wildman–Crippen LogP) is 1.51. The fraction of sp³-hybridized carbons (Fsp3) is 0.455. The Morgan fingerprint density at radius 3 is 2.19 bits per heavy atom. The average Bonchev–Trinajstić information content (AvgIpc) is 2.83. The van der Waals surface area contributed by atoms with Gasteiger partial charge in [0, 0.05) is 25.8 Å². The lowest BCUT2D eigenvalue weighted by molar-refractivity contribution is 0.477. The van der Waals surface area contributed by atoms with Crippen molar-refractivity contribution in [3.8, 4) is 0 Å². The van der Waals surface area contributed by atoms with Gasteiger partial charge in [0.1, 0.15) is 0 Å². The fourth-order valence-electron chi connectivity index (χ4n) is 1.87. The van der Waals surface area contributed by atoms with Crippen molar-refractivity contribution in [3.05, 3.63) is 24.3 Å². The maximum absolute atomic E-state index is 12.1. The first-order valence-electron chi connectivity index (χ1n) is 5.42. The lowest BCUT2D eigenvalue weighted by atomic mass is 10.3. The highest BCUT2D eigenvalue weighted by atomic mass is 32.2. The van der Waals surface area contributed by atoms with Gasteiger partial charge in [-0.3, -0.25) is 0 Å². The van der Waals surface area contributed by atoms with Gasteiger partial charge in [-0.05, 0) is 37.1 Å². The quantitative estimate of drug-likeness (QED) is 0.871. The summed E-state index contributed by atoms with van der Waals surface area (Å²) >= 11 is 0. The SMILES string of the molecule is CNc1ccc(S(=O)(=O)N2CCCC2)cc1. The molecule has 1 aromatic carbocycles. The summed E-state index contributed by atoms with van der Waals surface area (Å²) in [5, 5.41) is 2.97. The van der Waals surface area contributed by atoms with E-state index in [1.807, 2.05) is 7.05 Å². The van der Waals surface area contributed by atoms with Crippen LogP contribution in [0.3, 0.4) is 0 Å². The number of sulfonamides is 1. The van der Waals surface area contributed by atoms with Crippen molar-refractivity contribution in [2.24, 2.45) is 0 Å². The van der Waals surface area contributed by atoms with E-state index >= 15 is 0 Å². The van der Waals surface area contributed by atoms with Crippen molar-refractivity contribution in [1.29, 1.82) is 0 Å². The van der Waals surface area contributed by atoms with Gasteiger partial charge in [-0.15, -0.1) is 0 Å². The first-order valence-corrected chi connectivity index (χ1v) is 6.86. The first kappa shape index (κ1) is 11.4. The largest absolute Gasteiger partial charge is 0.388 e. The standard InChI is InChI=1S/C11H16N2O2S/c1-12-10-4-6-11(7-5-10)16(14,15)13-8-2-3-9-13/h4-7,12H,2-3,8-9H2,1H3. The minimum Gasteiger partial charge on any atom is -0.388 e. The molecule has 0 aliphatic carbocycles. The van der Waals surface area contributed by atoms with E-state index in [-0.39, 0.29) is 0 Å². The topological polar surface area (TPSA) is 49.4 Å². The van der Waals surface area contributed by atoms with Crippen LogP contribution in [0.1, 0.15) is 12.8 Å². The summed E-state index contributed by atoms with van der Waals surface area (Å²) in [5.41, 5.74) is 0.917. The molecule has 88 valence electrons. The number of hydrogen-bond acceptors (Lipinski definition) is 3. The molecular formula is C11H16N2O2S. The molecule has 1 N–H and O–H groups in total. The Kier molecular flexibility index (Phi) is 3.16. The van der Waals surface area contributed by atoms with Crippen LogP contribution in [-0.4, -0.2) is 32.9 Å². The zero-order chi connectivity index (χ0) is 11.6. The van der Waals surface area contributed by atoms with Crippen LogP contribution in [0.25, 0.3) is 0 Å². The third kappa shape index (κ3) is 2.05. The summed E-state index contributed by atoms with van der Waals surface area (Å²) in [6, 6.07) is 6.87. The molecule has 0 spiro atoms. The molecule has 1 saturated heterocycles. The average molecular weight is 240 g/mol. The van der Waals surface area contributed by atoms with E-state index in [0.717, 1.165) is 18.5 Å². The summed E-state index contributed by atoms with van der Waals surface area (Å²) in [7, 11) is -1.45. The summed E-state index contributed by atoms with van der Waals surface area (Å²) in [6.45, 7) is 1.30. The highest BCUT2D eigenvalue weighted by molar-refractivity contribution is 7.89. The second-order valence-corrected chi connectivity index (χ2v) is 5.82. The lowest BCUT2D eigenvalue weighted by Gasteiger charge is -2.15.